The maximum Gasteiger partial charge on any atom is 0.142 e. The molecule has 0 bridgehead atoms. The third-order valence-electron chi connectivity index (χ3n) is 2.17. The molecule has 0 heterocycles. The minimum absolute atomic E-state index is 0.234. The lowest BCUT2D eigenvalue weighted by Gasteiger charge is -2.07. The third-order valence-corrected chi connectivity index (χ3v) is 2.17. The van der Waals surface area contributed by atoms with Crippen LogP contribution in [0.5, 0.6) is 5.75 Å². The Kier molecular flexibility index (Phi) is 7.59. The van der Waals surface area contributed by atoms with Crippen molar-refractivity contribution in [3.05, 3.63) is 29.6 Å². The van der Waals surface area contributed by atoms with Crippen LogP contribution in [-0.4, -0.2) is 45.3 Å². The second-order valence-corrected chi connectivity index (χ2v) is 3.56. The summed E-state index contributed by atoms with van der Waals surface area (Å²) in [5.41, 5.74) is 0.234. The number of hydrogen-bond acceptors (Lipinski definition) is 4. The monoisotopic (exact) mass is 268 g/mol. The number of hydrogen-bond donors (Lipinski definition) is 1. The first-order chi connectivity index (χ1) is 9.27. The summed E-state index contributed by atoms with van der Waals surface area (Å²) < 4.78 is 28.9. The SMILES string of the molecule is COCCOCCOc1ccc(C#CCO)c(F)c1. The van der Waals surface area contributed by atoms with Gasteiger partial charge in [-0.25, -0.2) is 4.39 Å². The first-order valence-electron chi connectivity index (χ1n) is 5.86. The van der Waals surface area contributed by atoms with Crippen molar-refractivity contribution in [3.8, 4) is 17.6 Å². The van der Waals surface area contributed by atoms with Gasteiger partial charge in [-0.15, -0.1) is 0 Å². The van der Waals surface area contributed by atoms with E-state index in [4.69, 9.17) is 19.3 Å². The van der Waals surface area contributed by atoms with Crippen molar-refractivity contribution < 1.29 is 23.7 Å². The zero-order chi connectivity index (χ0) is 13.9. The summed E-state index contributed by atoms with van der Waals surface area (Å²) >= 11 is 0. The maximum absolute atomic E-state index is 13.5. The van der Waals surface area contributed by atoms with Gasteiger partial charge in [-0.05, 0) is 12.1 Å². The fourth-order valence-corrected chi connectivity index (χ4v) is 1.28. The highest BCUT2D eigenvalue weighted by molar-refractivity contribution is 5.39. The number of ether oxygens (including phenoxy) is 3. The quantitative estimate of drug-likeness (QED) is 0.596. The van der Waals surface area contributed by atoms with E-state index in [1.807, 2.05) is 0 Å². The molecule has 0 aromatic heterocycles. The summed E-state index contributed by atoms with van der Waals surface area (Å²) in [4.78, 5) is 0. The number of halogens is 1. The van der Waals surface area contributed by atoms with Crippen molar-refractivity contribution in [1.82, 2.24) is 0 Å². The van der Waals surface area contributed by atoms with E-state index in [9.17, 15) is 4.39 Å². The molecule has 0 atom stereocenters. The Hall–Kier alpha value is -1.61. The Balaban J connectivity index is 2.37. The van der Waals surface area contributed by atoms with Crippen molar-refractivity contribution in [2.24, 2.45) is 0 Å². The van der Waals surface area contributed by atoms with Crippen LogP contribution >= 0.6 is 0 Å². The predicted molar refractivity (Wildman–Crippen MR) is 68.6 cm³/mol. The van der Waals surface area contributed by atoms with Gasteiger partial charge in [-0.2, -0.15) is 0 Å². The molecule has 4 nitrogen and oxygen atoms in total. The highest BCUT2D eigenvalue weighted by atomic mass is 19.1. The normalized spacial score (nSPS) is 9.84. The Morgan fingerprint density at radius 1 is 1.21 bits per heavy atom. The van der Waals surface area contributed by atoms with Gasteiger partial charge in [-0.3, -0.25) is 0 Å². The van der Waals surface area contributed by atoms with Crippen LogP contribution in [0.15, 0.2) is 18.2 Å². The molecule has 5 heteroatoms. The van der Waals surface area contributed by atoms with Crippen molar-refractivity contribution >= 4 is 0 Å². The molecule has 0 spiro atoms. The van der Waals surface area contributed by atoms with Gasteiger partial charge in [0.25, 0.3) is 0 Å². The van der Waals surface area contributed by atoms with Crippen LogP contribution in [0.1, 0.15) is 5.56 Å². The van der Waals surface area contributed by atoms with Crippen molar-refractivity contribution in [2.45, 2.75) is 0 Å². The summed E-state index contributed by atoms with van der Waals surface area (Å²) in [5, 5.41) is 8.53. The van der Waals surface area contributed by atoms with Crippen LogP contribution in [0.3, 0.4) is 0 Å². The Bertz CT molecular complexity index is 437. The molecule has 0 aliphatic carbocycles. The van der Waals surface area contributed by atoms with Crippen LogP contribution in [0.25, 0.3) is 0 Å². The molecular weight excluding hydrogens is 251 g/mol. The molecule has 1 rings (SSSR count). The Morgan fingerprint density at radius 3 is 2.68 bits per heavy atom. The minimum Gasteiger partial charge on any atom is -0.491 e. The third kappa shape index (κ3) is 6.20. The van der Waals surface area contributed by atoms with E-state index in [2.05, 4.69) is 11.8 Å². The lowest BCUT2D eigenvalue weighted by Crippen LogP contribution is -2.10. The molecule has 0 amide bonds. The van der Waals surface area contributed by atoms with Crippen LogP contribution in [0, 0.1) is 17.7 Å². The summed E-state index contributed by atoms with van der Waals surface area (Å²) in [6, 6.07) is 4.40. The number of benzene rings is 1. The fraction of sp³-hybridized carbons (Fsp3) is 0.429. The number of methoxy groups -OCH3 is 1. The van der Waals surface area contributed by atoms with Crippen molar-refractivity contribution in [2.75, 3.05) is 40.1 Å². The molecule has 1 aromatic carbocycles. The molecular formula is C14H17FO4. The van der Waals surface area contributed by atoms with Gasteiger partial charge < -0.3 is 19.3 Å². The smallest absolute Gasteiger partial charge is 0.142 e. The Labute approximate surface area is 112 Å². The highest BCUT2D eigenvalue weighted by Crippen LogP contribution is 2.15. The standard InChI is InChI=1S/C14H17FO4/c1-17-7-8-18-9-10-19-13-5-4-12(3-2-6-16)14(15)11-13/h4-5,11,16H,6-10H2,1H3. The van der Waals surface area contributed by atoms with Gasteiger partial charge in [0, 0.05) is 13.2 Å². The van der Waals surface area contributed by atoms with Crippen LogP contribution in [0.2, 0.25) is 0 Å². The topological polar surface area (TPSA) is 47.9 Å². The molecule has 19 heavy (non-hydrogen) atoms. The fourth-order valence-electron chi connectivity index (χ4n) is 1.28. The van der Waals surface area contributed by atoms with Crippen LogP contribution in [-0.2, 0) is 9.47 Å². The first kappa shape index (κ1) is 15.4. The average molecular weight is 268 g/mol. The molecule has 0 radical (unpaired) electrons. The minimum atomic E-state index is -0.473. The largest absolute Gasteiger partial charge is 0.491 e. The number of aliphatic hydroxyl groups excluding tert-OH is 1. The summed E-state index contributed by atoms with van der Waals surface area (Å²) in [5.74, 6) is 4.85. The molecule has 0 fully saturated rings. The molecule has 0 aliphatic rings. The van der Waals surface area contributed by atoms with Crippen LogP contribution < -0.4 is 4.74 Å². The van der Waals surface area contributed by atoms with E-state index in [0.29, 0.717) is 32.2 Å². The van der Waals surface area contributed by atoms with E-state index in [1.165, 1.54) is 12.1 Å². The number of aliphatic hydroxyl groups is 1. The molecule has 0 saturated carbocycles. The lowest BCUT2D eigenvalue weighted by molar-refractivity contribution is 0.0544. The van der Waals surface area contributed by atoms with Gasteiger partial charge in [0.2, 0.25) is 0 Å². The van der Waals surface area contributed by atoms with E-state index in [0.717, 1.165) is 0 Å². The summed E-state index contributed by atoms with van der Waals surface area (Å²) in [6.45, 7) is 1.50. The first-order valence-corrected chi connectivity index (χ1v) is 5.86. The van der Waals surface area contributed by atoms with E-state index in [1.54, 1.807) is 13.2 Å². The molecule has 1 N–H and O–H groups in total. The maximum atomic E-state index is 13.5. The second kappa shape index (κ2) is 9.34. The predicted octanol–water partition coefficient (Wildman–Crippen LogP) is 1.21. The van der Waals surface area contributed by atoms with E-state index in [-0.39, 0.29) is 12.2 Å². The van der Waals surface area contributed by atoms with E-state index >= 15 is 0 Å². The zero-order valence-electron chi connectivity index (χ0n) is 10.8. The zero-order valence-corrected chi connectivity index (χ0v) is 10.8. The lowest BCUT2D eigenvalue weighted by atomic mass is 10.2. The van der Waals surface area contributed by atoms with Gasteiger partial charge >= 0.3 is 0 Å². The average Bonchev–Trinajstić information content (AvgIpc) is 2.42. The summed E-state index contributed by atoms with van der Waals surface area (Å²) in [7, 11) is 1.60. The van der Waals surface area contributed by atoms with Crippen molar-refractivity contribution in [3.63, 3.8) is 0 Å². The number of rotatable bonds is 7. The van der Waals surface area contributed by atoms with Crippen molar-refractivity contribution in [1.29, 1.82) is 0 Å². The van der Waals surface area contributed by atoms with E-state index < -0.39 is 5.82 Å². The molecule has 1 aromatic rings. The van der Waals surface area contributed by atoms with Crippen LogP contribution in [0.4, 0.5) is 4.39 Å². The van der Waals surface area contributed by atoms with Gasteiger partial charge in [0.15, 0.2) is 0 Å². The molecule has 0 aliphatic heterocycles. The summed E-state index contributed by atoms with van der Waals surface area (Å²) in [6.07, 6.45) is 0. The Morgan fingerprint density at radius 2 is 2.00 bits per heavy atom. The van der Waals surface area contributed by atoms with Gasteiger partial charge in [-0.1, -0.05) is 11.8 Å². The van der Waals surface area contributed by atoms with Gasteiger partial charge in [0.1, 0.15) is 24.8 Å². The molecule has 0 saturated heterocycles. The van der Waals surface area contributed by atoms with Gasteiger partial charge in [0.05, 0.1) is 25.4 Å². The molecule has 0 unspecified atom stereocenters. The highest BCUT2D eigenvalue weighted by Gasteiger charge is 2.02. The molecule has 104 valence electrons. The second-order valence-electron chi connectivity index (χ2n) is 3.56.